The summed E-state index contributed by atoms with van der Waals surface area (Å²) in [5.41, 5.74) is 0.743. The van der Waals surface area contributed by atoms with E-state index in [1.165, 1.54) is 0 Å². The van der Waals surface area contributed by atoms with E-state index in [4.69, 9.17) is 21.1 Å². The van der Waals surface area contributed by atoms with Crippen LogP contribution in [-0.2, 0) is 4.79 Å². The monoisotopic (exact) mass is 387 g/mol. The summed E-state index contributed by atoms with van der Waals surface area (Å²) in [5, 5.41) is 3.64. The number of hydrogen-bond donors (Lipinski definition) is 1. The number of fused-ring (bicyclic) bond motifs is 1. The van der Waals surface area contributed by atoms with Crippen molar-refractivity contribution in [1.82, 2.24) is 5.32 Å². The van der Waals surface area contributed by atoms with Crippen LogP contribution in [0.1, 0.15) is 51.6 Å². The number of halogens is 1. The van der Waals surface area contributed by atoms with E-state index in [1.807, 2.05) is 36.4 Å². The van der Waals surface area contributed by atoms with Gasteiger partial charge < -0.3 is 14.8 Å². The van der Waals surface area contributed by atoms with Crippen molar-refractivity contribution in [3.8, 4) is 11.5 Å². The first-order valence-electron chi connectivity index (χ1n) is 9.47. The number of benzene rings is 2. The summed E-state index contributed by atoms with van der Waals surface area (Å²) in [5.74, 6) is 1.18. The Kier molecular flexibility index (Phi) is 5.95. The topological polar surface area (TPSA) is 47.6 Å². The molecule has 4 nitrogen and oxygen atoms in total. The van der Waals surface area contributed by atoms with Crippen molar-refractivity contribution in [3.05, 3.63) is 59.1 Å². The van der Waals surface area contributed by atoms with E-state index in [0.717, 1.165) is 30.6 Å². The lowest BCUT2D eigenvalue weighted by molar-refractivity contribution is -0.128. The number of nitrogens with one attached hydrogen (secondary N) is 1. The Hall–Kier alpha value is -2.20. The van der Waals surface area contributed by atoms with Crippen LogP contribution >= 0.6 is 11.6 Å². The highest BCUT2D eigenvalue weighted by Crippen LogP contribution is 2.42. The smallest absolute Gasteiger partial charge is 0.261 e. The molecule has 0 radical (unpaired) electrons. The first-order chi connectivity index (χ1) is 13.0. The summed E-state index contributed by atoms with van der Waals surface area (Å²) in [4.78, 5) is 12.8. The first kappa shape index (κ1) is 19.6. The number of carbonyl (C=O) groups excluding carboxylic acids is 1. The number of carbonyl (C=O) groups is 1. The number of hydrogen-bond acceptors (Lipinski definition) is 3. The van der Waals surface area contributed by atoms with E-state index in [-0.39, 0.29) is 17.6 Å². The Bertz CT molecular complexity index is 804. The van der Waals surface area contributed by atoms with Gasteiger partial charge in [0, 0.05) is 12.0 Å². The first-order valence-corrected chi connectivity index (χ1v) is 9.85. The van der Waals surface area contributed by atoms with Crippen LogP contribution in [-0.4, -0.2) is 17.6 Å². The number of rotatable bonds is 6. The Balaban J connectivity index is 1.77. The number of ether oxygens (including phenoxy) is 2. The van der Waals surface area contributed by atoms with Gasteiger partial charge in [-0.3, -0.25) is 4.79 Å². The molecule has 0 saturated heterocycles. The van der Waals surface area contributed by atoms with Gasteiger partial charge in [0.1, 0.15) is 17.1 Å². The fourth-order valence-electron chi connectivity index (χ4n) is 3.50. The van der Waals surface area contributed by atoms with Gasteiger partial charge in [-0.05, 0) is 38.0 Å². The van der Waals surface area contributed by atoms with Crippen LogP contribution in [0, 0.1) is 0 Å². The van der Waals surface area contributed by atoms with Gasteiger partial charge in [-0.2, -0.15) is 0 Å². The molecular weight excluding hydrogens is 362 g/mol. The minimum atomic E-state index is -0.655. The van der Waals surface area contributed by atoms with Crippen molar-refractivity contribution >= 4 is 17.5 Å². The predicted octanol–water partition coefficient (Wildman–Crippen LogP) is 5.31. The fourth-order valence-corrected chi connectivity index (χ4v) is 3.68. The SMILES string of the molecule is CCC1(CC)C[C@H](NC(=O)[C@H](C)Oc2ccccc2Cl)c2ccccc2O1. The van der Waals surface area contributed by atoms with Gasteiger partial charge in [-0.1, -0.05) is 55.8 Å². The average molecular weight is 388 g/mol. The summed E-state index contributed by atoms with van der Waals surface area (Å²) in [7, 11) is 0. The van der Waals surface area contributed by atoms with Crippen molar-refractivity contribution in [1.29, 1.82) is 0 Å². The molecule has 0 aliphatic carbocycles. The van der Waals surface area contributed by atoms with Gasteiger partial charge >= 0.3 is 0 Å². The van der Waals surface area contributed by atoms with Crippen molar-refractivity contribution < 1.29 is 14.3 Å². The van der Waals surface area contributed by atoms with E-state index in [1.54, 1.807) is 19.1 Å². The maximum atomic E-state index is 12.8. The van der Waals surface area contributed by atoms with Crippen LogP contribution in [0.5, 0.6) is 11.5 Å². The largest absolute Gasteiger partial charge is 0.487 e. The summed E-state index contributed by atoms with van der Waals surface area (Å²) in [6.45, 7) is 5.98. The molecule has 2 atom stereocenters. The molecule has 1 heterocycles. The Morgan fingerprint density at radius 1 is 1.22 bits per heavy atom. The van der Waals surface area contributed by atoms with Crippen LogP contribution in [0.3, 0.4) is 0 Å². The summed E-state index contributed by atoms with van der Waals surface area (Å²) < 4.78 is 12.1. The molecule has 0 fully saturated rings. The second kappa shape index (κ2) is 8.22. The zero-order chi connectivity index (χ0) is 19.4. The highest BCUT2D eigenvalue weighted by Gasteiger charge is 2.39. The lowest BCUT2D eigenvalue weighted by Crippen LogP contribution is -2.46. The van der Waals surface area contributed by atoms with Crippen molar-refractivity contribution in [2.24, 2.45) is 0 Å². The van der Waals surface area contributed by atoms with Crippen LogP contribution in [0.15, 0.2) is 48.5 Å². The summed E-state index contributed by atoms with van der Waals surface area (Å²) >= 11 is 6.13. The zero-order valence-corrected chi connectivity index (χ0v) is 16.8. The third-order valence-electron chi connectivity index (χ3n) is 5.31. The molecule has 1 aliphatic heterocycles. The maximum Gasteiger partial charge on any atom is 0.261 e. The van der Waals surface area contributed by atoms with E-state index in [0.29, 0.717) is 10.8 Å². The van der Waals surface area contributed by atoms with Crippen molar-refractivity contribution in [2.45, 2.75) is 57.8 Å². The molecule has 1 aliphatic rings. The van der Waals surface area contributed by atoms with Crippen LogP contribution < -0.4 is 14.8 Å². The molecule has 1 N–H and O–H groups in total. The molecule has 2 aromatic rings. The number of amides is 1. The van der Waals surface area contributed by atoms with E-state index in [2.05, 4.69) is 19.2 Å². The standard InChI is InChI=1S/C22H26ClNO3/c1-4-22(5-2)14-18(16-10-6-8-12-19(16)27-22)24-21(25)15(3)26-20-13-9-7-11-17(20)23/h6-13,15,18H,4-5,14H2,1-3H3,(H,24,25)/t15-,18-/m0/s1. The highest BCUT2D eigenvalue weighted by atomic mass is 35.5. The van der Waals surface area contributed by atoms with Crippen LogP contribution in [0.25, 0.3) is 0 Å². The molecular formula is C22H26ClNO3. The molecule has 2 aromatic carbocycles. The normalized spacial score (nSPS) is 18.7. The second-order valence-corrected chi connectivity index (χ2v) is 7.39. The molecule has 0 saturated carbocycles. The van der Waals surface area contributed by atoms with E-state index >= 15 is 0 Å². The molecule has 5 heteroatoms. The van der Waals surface area contributed by atoms with Crippen LogP contribution in [0.4, 0.5) is 0 Å². The molecule has 0 unspecified atom stereocenters. The van der Waals surface area contributed by atoms with Gasteiger partial charge in [0.25, 0.3) is 5.91 Å². The van der Waals surface area contributed by atoms with E-state index < -0.39 is 6.10 Å². The van der Waals surface area contributed by atoms with Gasteiger partial charge in [-0.25, -0.2) is 0 Å². The van der Waals surface area contributed by atoms with Gasteiger partial charge in [0.15, 0.2) is 6.10 Å². The Morgan fingerprint density at radius 2 is 1.89 bits per heavy atom. The molecule has 0 bridgehead atoms. The van der Waals surface area contributed by atoms with Gasteiger partial charge in [-0.15, -0.1) is 0 Å². The predicted molar refractivity (Wildman–Crippen MR) is 107 cm³/mol. The number of para-hydroxylation sites is 2. The quantitative estimate of drug-likeness (QED) is 0.731. The third kappa shape index (κ3) is 4.22. The fraction of sp³-hybridized carbons (Fsp3) is 0.409. The molecule has 144 valence electrons. The molecule has 27 heavy (non-hydrogen) atoms. The molecule has 3 rings (SSSR count). The summed E-state index contributed by atoms with van der Waals surface area (Å²) in [6.07, 6.45) is 1.85. The molecule has 0 spiro atoms. The third-order valence-corrected chi connectivity index (χ3v) is 5.62. The Morgan fingerprint density at radius 3 is 2.59 bits per heavy atom. The lowest BCUT2D eigenvalue weighted by Gasteiger charge is -2.41. The molecule has 1 amide bonds. The van der Waals surface area contributed by atoms with Crippen molar-refractivity contribution in [3.63, 3.8) is 0 Å². The van der Waals surface area contributed by atoms with Gasteiger partial charge in [0.05, 0.1) is 11.1 Å². The zero-order valence-electron chi connectivity index (χ0n) is 16.0. The minimum absolute atomic E-state index is 0.111. The summed E-state index contributed by atoms with van der Waals surface area (Å²) in [6, 6.07) is 15.0. The second-order valence-electron chi connectivity index (χ2n) is 6.99. The van der Waals surface area contributed by atoms with Gasteiger partial charge in [0.2, 0.25) is 0 Å². The van der Waals surface area contributed by atoms with E-state index in [9.17, 15) is 4.79 Å². The average Bonchev–Trinajstić information content (AvgIpc) is 2.69. The van der Waals surface area contributed by atoms with Crippen molar-refractivity contribution in [2.75, 3.05) is 0 Å². The van der Waals surface area contributed by atoms with Crippen LogP contribution in [0.2, 0.25) is 5.02 Å². The molecule has 0 aromatic heterocycles. The highest BCUT2D eigenvalue weighted by molar-refractivity contribution is 6.32. The lowest BCUT2D eigenvalue weighted by atomic mass is 9.83. The maximum absolute atomic E-state index is 12.8. The Labute approximate surface area is 165 Å². The minimum Gasteiger partial charge on any atom is -0.487 e.